The van der Waals surface area contributed by atoms with Gasteiger partial charge in [0.2, 0.25) is 5.91 Å². The van der Waals surface area contributed by atoms with E-state index in [4.69, 9.17) is 4.74 Å². The number of para-hydroxylation sites is 1. The first-order chi connectivity index (χ1) is 8.27. The van der Waals surface area contributed by atoms with Crippen LogP contribution in [0.3, 0.4) is 0 Å². The summed E-state index contributed by atoms with van der Waals surface area (Å²) in [4.78, 5) is 11.3. The molecule has 0 aliphatic heterocycles. The third kappa shape index (κ3) is 4.68. The zero-order valence-corrected chi connectivity index (χ0v) is 10.3. The number of benzene rings is 1. The van der Waals surface area contributed by atoms with E-state index in [-0.39, 0.29) is 5.91 Å². The SMILES string of the molecule is CCCCC(=O)NN=Cc1ccccc1OC. The molecule has 1 N–H and O–H groups in total. The van der Waals surface area contributed by atoms with Gasteiger partial charge in [0.15, 0.2) is 0 Å². The maximum Gasteiger partial charge on any atom is 0.240 e. The van der Waals surface area contributed by atoms with E-state index in [2.05, 4.69) is 10.5 Å². The molecule has 0 radical (unpaired) electrons. The van der Waals surface area contributed by atoms with E-state index >= 15 is 0 Å². The number of nitrogens with one attached hydrogen (secondary N) is 1. The summed E-state index contributed by atoms with van der Waals surface area (Å²) in [5.41, 5.74) is 3.33. The van der Waals surface area contributed by atoms with E-state index in [0.29, 0.717) is 6.42 Å². The van der Waals surface area contributed by atoms with Crippen LogP contribution in [0.4, 0.5) is 0 Å². The lowest BCUT2D eigenvalue weighted by Crippen LogP contribution is -2.16. The van der Waals surface area contributed by atoms with Gasteiger partial charge in [-0.15, -0.1) is 0 Å². The van der Waals surface area contributed by atoms with Gasteiger partial charge in [-0.1, -0.05) is 25.5 Å². The van der Waals surface area contributed by atoms with Gasteiger partial charge in [-0.25, -0.2) is 5.43 Å². The van der Waals surface area contributed by atoms with Crippen molar-refractivity contribution in [1.29, 1.82) is 0 Å². The Kier molecular flexibility index (Phi) is 5.79. The summed E-state index contributed by atoms with van der Waals surface area (Å²) in [6.07, 6.45) is 3.99. The number of hydrogen-bond acceptors (Lipinski definition) is 3. The molecule has 0 unspecified atom stereocenters. The van der Waals surface area contributed by atoms with Crippen LogP contribution >= 0.6 is 0 Å². The second-order valence-corrected chi connectivity index (χ2v) is 3.64. The number of methoxy groups -OCH3 is 1. The van der Waals surface area contributed by atoms with Crippen molar-refractivity contribution in [2.24, 2.45) is 5.10 Å². The smallest absolute Gasteiger partial charge is 0.240 e. The highest BCUT2D eigenvalue weighted by Gasteiger charge is 1.99. The third-order valence-corrected chi connectivity index (χ3v) is 2.29. The molecule has 1 rings (SSSR count). The van der Waals surface area contributed by atoms with Crippen molar-refractivity contribution < 1.29 is 9.53 Å². The van der Waals surface area contributed by atoms with E-state index in [1.165, 1.54) is 0 Å². The van der Waals surface area contributed by atoms with Crippen molar-refractivity contribution in [2.75, 3.05) is 7.11 Å². The summed E-state index contributed by atoms with van der Waals surface area (Å²) in [5, 5.41) is 3.90. The van der Waals surface area contributed by atoms with Gasteiger partial charge in [0.25, 0.3) is 0 Å². The summed E-state index contributed by atoms with van der Waals surface area (Å²) in [5.74, 6) is 0.678. The fourth-order valence-corrected chi connectivity index (χ4v) is 1.34. The van der Waals surface area contributed by atoms with Gasteiger partial charge in [-0.3, -0.25) is 4.79 Å². The molecule has 0 spiro atoms. The monoisotopic (exact) mass is 234 g/mol. The lowest BCUT2D eigenvalue weighted by atomic mass is 10.2. The number of ether oxygens (including phenoxy) is 1. The first-order valence-corrected chi connectivity index (χ1v) is 5.72. The zero-order chi connectivity index (χ0) is 12.5. The molecule has 92 valence electrons. The normalized spacial score (nSPS) is 10.5. The summed E-state index contributed by atoms with van der Waals surface area (Å²) >= 11 is 0. The Balaban J connectivity index is 2.50. The zero-order valence-electron chi connectivity index (χ0n) is 10.3. The number of hydrogen-bond donors (Lipinski definition) is 1. The molecule has 4 heteroatoms. The van der Waals surface area contributed by atoms with Gasteiger partial charge in [0, 0.05) is 12.0 Å². The Bertz CT molecular complexity index is 389. The summed E-state index contributed by atoms with van der Waals surface area (Å²) < 4.78 is 5.16. The molecule has 0 saturated heterocycles. The largest absolute Gasteiger partial charge is 0.496 e. The van der Waals surface area contributed by atoms with Gasteiger partial charge < -0.3 is 4.74 Å². The molecule has 0 heterocycles. The number of amides is 1. The second-order valence-electron chi connectivity index (χ2n) is 3.64. The van der Waals surface area contributed by atoms with E-state index in [1.807, 2.05) is 31.2 Å². The number of nitrogens with zero attached hydrogens (tertiary/aromatic N) is 1. The Morgan fingerprint density at radius 1 is 1.47 bits per heavy atom. The van der Waals surface area contributed by atoms with Crippen LogP contribution in [0.1, 0.15) is 31.7 Å². The molecular formula is C13H18N2O2. The fraction of sp³-hybridized carbons (Fsp3) is 0.385. The van der Waals surface area contributed by atoms with Crippen molar-refractivity contribution in [3.63, 3.8) is 0 Å². The minimum absolute atomic E-state index is 0.0574. The molecule has 0 aromatic heterocycles. The van der Waals surface area contributed by atoms with E-state index in [0.717, 1.165) is 24.2 Å². The first-order valence-electron chi connectivity index (χ1n) is 5.72. The van der Waals surface area contributed by atoms with E-state index in [9.17, 15) is 4.79 Å². The van der Waals surface area contributed by atoms with Gasteiger partial charge >= 0.3 is 0 Å². The minimum atomic E-state index is -0.0574. The fourth-order valence-electron chi connectivity index (χ4n) is 1.34. The molecule has 0 bridgehead atoms. The average Bonchev–Trinajstić information content (AvgIpc) is 2.37. The number of rotatable bonds is 6. The highest BCUT2D eigenvalue weighted by Crippen LogP contribution is 2.14. The van der Waals surface area contributed by atoms with Gasteiger partial charge in [-0.05, 0) is 18.6 Å². The maximum atomic E-state index is 11.3. The Morgan fingerprint density at radius 3 is 2.94 bits per heavy atom. The van der Waals surface area contributed by atoms with Gasteiger partial charge in [0.05, 0.1) is 13.3 Å². The molecule has 0 aliphatic carbocycles. The molecule has 1 aromatic rings. The van der Waals surface area contributed by atoms with E-state index in [1.54, 1.807) is 13.3 Å². The molecule has 1 aromatic carbocycles. The van der Waals surface area contributed by atoms with Crippen molar-refractivity contribution in [2.45, 2.75) is 26.2 Å². The molecule has 4 nitrogen and oxygen atoms in total. The minimum Gasteiger partial charge on any atom is -0.496 e. The molecule has 17 heavy (non-hydrogen) atoms. The third-order valence-electron chi connectivity index (χ3n) is 2.29. The number of carbonyl (C=O) groups is 1. The van der Waals surface area contributed by atoms with Crippen LogP contribution in [0.15, 0.2) is 29.4 Å². The number of hydrazone groups is 1. The second kappa shape index (κ2) is 7.44. The van der Waals surface area contributed by atoms with Crippen LogP contribution in [0, 0.1) is 0 Å². The standard InChI is InChI=1S/C13H18N2O2/c1-3-4-9-13(16)15-14-10-11-7-5-6-8-12(11)17-2/h5-8,10H,3-4,9H2,1-2H3,(H,15,16). The lowest BCUT2D eigenvalue weighted by Gasteiger charge is -2.03. The predicted octanol–water partition coefficient (Wildman–Crippen LogP) is 2.34. The first kappa shape index (κ1) is 13.2. The van der Waals surface area contributed by atoms with Crippen LogP contribution in [-0.4, -0.2) is 19.2 Å². The van der Waals surface area contributed by atoms with Crippen LogP contribution in [0.5, 0.6) is 5.75 Å². The van der Waals surface area contributed by atoms with Crippen molar-refractivity contribution >= 4 is 12.1 Å². The average molecular weight is 234 g/mol. The molecule has 0 saturated carbocycles. The Hall–Kier alpha value is -1.84. The quantitative estimate of drug-likeness (QED) is 0.606. The van der Waals surface area contributed by atoms with Gasteiger partial charge in [0.1, 0.15) is 5.75 Å². The van der Waals surface area contributed by atoms with Crippen LogP contribution < -0.4 is 10.2 Å². The molecule has 0 fully saturated rings. The number of unbranched alkanes of at least 4 members (excludes halogenated alkanes) is 1. The molecular weight excluding hydrogens is 216 g/mol. The van der Waals surface area contributed by atoms with Crippen LogP contribution in [0.25, 0.3) is 0 Å². The molecule has 0 atom stereocenters. The Morgan fingerprint density at radius 2 is 2.24 bits per heavy atom. The Labute approximate surface area is 102 Å². The van der Waals surface area contributed by atoms with Crippen molar-refractivity contribution in [3.8, 4) is 5.75 Å². The lowest BCUT2D eigenvalue weighted by molar-refractivity contribution is -0.121. The number of carbonyl (C=O) groups excluding carboxylic acids is 1. The van der Waals surface area contributed by atoms with Crippen molar-refractivity contribution in [3.05, 3.63) is 29.8 Å². The van der Waals surface area contributed by atoms with Gasteiger partial charge in [-0.2, -0.15) is 5.10 Å². The molecule has 1 amide bonds. The molecule has 0 aliphatic rings. The van der Waals surface area contributed by atoms with E-state index < -0.39 is 0 Å². The summed E-state index contributed by atoms with van der Waals surface area (Å²) in [7, 11) is 1.60. The van der Waals surface area contributed by atoms with Crippen LogP contribution in [0.2, 0.25) is 0 Å². The highest BCUT2D eigenvalue weighted by molar-refractivity contribution is 5.85. The topological polar surface area (TPSA) is 50.7 Å². The highest BCUT2D eigenvalue weighted by atomic mass is 16.5. The summed E-state index contributed by atoms with van der Waals surface area (Å²) in [6.45, 7) is 2.05. The summed E-state index contributed by atoms with van der Waals surface area (Å²) in [6, 6.07) is 7.50. The van der Waals surface area contributed by atoms with Crippen molar-refractivity contribution in [1.82, 2.24) is 5.43 Å². The maximum absolute atomic E-state index is 11.3. The van der Waals surface area contributed by atoms with Crippen LogP contribution in [-0.2, 0) is 4.79 Å². The predicted molar refractivity (Wildman–Crippen MR) is 68.3 cm³/mol.